The van der Waals surface area contributed by atoms with E-state index in [9.17, 15) is 5.11 Å². The molecule has 1 atom stereocenters. The van der Waals surface area contributed by atoms with Gasteiger partial charge in [0.15, 0.2) is 0 Å². The Morgan fingerprint density at radius 1 is 1.06 bits per heavy atom. The lowest BCUT2D eigenvalue weighted by molar-refractivity contribution is 0.181. The summed E-state index contributed by atoms with van der Waals surface area (Å²) in [5.41, 5.74) is 1.32. The molecular weight excluding hydrogens is 222 g/mol. The van der Waals surface area contributed by atoms with Gasteiger partial charge in [0.2, 0.25) is 0 Å². The van der Waals surface area contributed by atoms with Gasteiger partial charge in [-0.15, -0.1) is 0 Å². The molecule has 0 saturated heterocycles. The molecule has 0 aliphatic carbocycles. The van der Waals surface area contributed by atoms with Crippen molar-refractivity contribution in [2.75, 3.05) is 18.0 Å². The van der Waals surface area contributed by atoms with Crippen LogP contribution in [0.3, 0.4) is 0 Å². The quantitative estimate of drug-likeness (QED) is 0.672. The smallest absolute Gasteiger partial charge is 0.0512 e. The second-order valence-electron chi connectivity index (χ2n) is 5.02. The molecule has 0 bridgehead atoms. The van der Waals surface area contributed by atoms with E-state index in [0.29, 0.717) is 0 Å². The minimum atomic E-state index is -0.161. The molecule has 1 unspecified atom stereocenters. The summed E-state index contributed by atoms with van der Waals surface area (Å²) in [6.07, 6.45) is 5.49. The van der Waals surface area contributed by atoms with Gasteiger partial charge in [0, 0.05) is 18.8 Å². The van der Waals surface area contributed by atoms with E-state index >= 15 is 0 Å². The van der Waals surface area contributed by atoms with Gasteiger partial charge in [-0.2, -0.15) is 0 Å². The average molecular weight is 249 g/mol. The Hall–Kier alpha value is -1.02. The zero-order valence-corrected chi connectivity index (χ0v) is 11.8. The molecule has 102 valence electrons. The number of aliphatic hydroxyl groups excluding tert-OH is 1. The summed E-state index contributed by atoms with van der Waals surface area (Å²) in [6, 6.07) is 10.6. The van der Waals surface area contributed by atoms with Crippen LogP contribution in [0.5, 0.6) is 0 Å². The molecule has 1 rings (SSSR count). The molecule has 0 aliphatic rings. The predicted octanol–water partition coefficient (Wildman–Crippen LogP) is 3.84. The average Bonchev–Trinajstić information content (AvgIpc) is 2.38. The van der Waals surface area contributed by atoms with Crippen LogP contribution < -0.4 is 4.90 Å². The van der Waals surface area contributed by atoms with Crippen molar-refractivity contribution in [3.8, 4) is 0 Å². The molecule has 2 nitrogen and oxygen atoms in total. The monoisotopic (exact) mass is 249 g/mol. The molecule has 0 heterocycles. The number of anilines is 1. The molecule has 1 N–H and O–H groups in total. The zero-order valence-electron chi connectivity index (χ0n) is 11.8. The SMILES string of the molecule is CCCCN(CCCCC(C)O)c1ccccc1. The van der Waals surface area contributed by atoms with E-state index in [1.807, 2.05) is 6.92 Å². The minimum absolute atomic E-state index is 0.161. The first-order valence-corrected chi connectivity index (χ1v) is 7.22. The van der Waals surface area contributed by atoms with Gasteiger partial charge in [-0.1, -0.05) is 31.5 Å². The second-order valence-corrected chi connectivity index (χ2v) is 5.02. The number of nitrogens with zero attached hydrogens (tertiary/aromatic N) is 1. The van der Waals surface area contributed by atoms with Crippen LogP contribution in [0.15, 0.2) is 30.3 Å². The van der Waals surface area contributed by atoms with E-state index in [2.05, 4.69) is 42.2 Å². The minimum Gasteiger partial charge on any atom is -0.393 e. The molecule has 0 fully saturated rings. The summed E-state index contributed by atoms with van der Waals surface area (Å²) >= 11 is 0. The van der Waals surface area contributed by atoms with Crippen LogP contribution in [0.1, 0.15) is 46.0 Å². The van der Waals surface area contributed by atoms with Crippen molar-refractivity contribution >= 4 is 5.69 Å². The first kappa shape index (κ1) is 15.0. The molecule has 1 aromatic rings. The first-order valence-electron chi connectivity index (χ1n) is 7.22. The Bertz CT molecular complexity index is 297. The molecule has 2 heteroatoms. The zero-order chi connectivity index (χ0) is 13.2. The van der Waals surface area contributed by atoms with Crippen LogP contribution in [0.25, 0.3) is 0 Å². The highest BCUT2D eigenvalue weighted by Gasteiger charge is 2.05. The Balaban J connectivity index is 2.41. The fraction of sp³-hybridized carbons (Fsp3) is 0.625. The molecule has 0 saturated carbocycles. The Labute approximate surface area is 112 Å². The van der Waals surface area contributed by atoms with Crippen LogP contribution in [0.4, 0.5) is 5.69 Å². The summed E-state index contributed by atoms with van der Waals surface area (Å²) in [4.78, 5) is 2.46. The molecule has 1 aromatic carbocycles. The summed E-state index contributed by atoms with van der Waals surface area (Å²) in [5, 5.41) is 9.26. The largest absolute Gasteiger partial charge is 0.393 e. The van der Waals surface area contributed by atoms with Crippen molar-refractivity contribution < 1.29 is 5.11 Å². The Morgan fingerprint density at radius 2 is 1.72 bits per heavy atom. The number of aliphatic hydroxyl groups is 1. The van der Waals surface area contributed by atoms with E-state index in [-0.39, 0.29) is 6.10 Å². The number of benzene rings is 1. The number of hydrogen-bond donors (Lipinski definition) is 1. The number of unbranched alkanes of at least 4 members (excludes halogenated alkanes) is 2. The Kier molecular flexibility index (Phi) is 7.51. The molecule has 0 aromatic heterocycles. The van der Waals surface area contributed by atoms with Gasteiger partial charge >= 0.3 is 0 Å². The van der Waals surface area contributed by atoms with Gasteiger partial charge < -0.3 is 10.0 Å². The maximum atomic E-state index is 9.26. The van der Waals surface area contributed by atoms with Gasteiger partial charge in [0.05, 0.1) is 6.10 Å². The van der Waals surface area contributed by atoms with Crippen molar-refractivity contribution in [3.63, 3.8) is 0 Å². The normalized spacial score (nSPS) is 12.4. The van der Waals surface area contributed by atoms with Crippen molar-refractivity contribution in [1.29, 1.82) is 0 Å². The fourth-order valence-corrected chi connectivity index (χ4v) is 2.10. The van der Waals surface area contributed by atoms with E-state index in [1.165, 1.54) is 18.5 Å². The van der Waals surface area contributed by atoms with Crippen LogP contribution in [-0.4, -0.2) is 24.3 Å². The lowest BCUT2D eigenvalue weighted by Crippen LogP contribution is -2.25. The second kappa shape index (κ2) is 8.98. The Morgan fingerprint density at radius 3 is 2.33 bits per heavy atom. The molecule has 0 radical (unpaired) electrons. The van der Waals surface area contributed by atoms with Gasteiger partial charge in [-0.25, -0.2) is 0 Å². The van der Waals surface area contributed by atoms with Crippen molar-refractivity contribution in [3.05, 3.63) is 30.3 Å². The van der Waals surface area contributed by atoms with E-state index < -0.39 is 0 Å². The number of rotatable bonds is 9. The lowest BCUT2D eigenvalue weighted by atomic mass is 10.1. The highest BCUT2D eigenvalue weighted by Crippen LogP contribution is 2.15. The van der Waals surface area contributed by atoms with E-state index in [1.54, 1.807) is 0 Å². The third-order valence-corrected chi connectivity index (χ3v) is 3.20. The summed E-state index contributed by atoms with van der Waals surface area (Å²) in [6.45, 7) is 6.33. The highest BCUT2D eigenvalue weighted by molar-refractivity contribution is 5.45. The predicted molar refractivity (Wildman–Crippen MR) is 79.1 cm³/mol. The lowest BCUT2D eigenvalue weighted by Gasteiger charge is -2.25. The standard InChI is InChI=1S/C16H27NO/c1-3-4-13-17(14-9-8-10-15(2)18)16-11-6-5-7-12-16/h5-7,11-12,15,18H,3-4,8-10,13-14H2,1-2H3. The first-order chi connectivity index (χ1) is 8.74. The van der Waals surface area contributed by atoms with E-state index in [4.69, 9.17) is 0 Å². The van der Waals surface area contributed by atoms with Crippen molar-refractivity contribution in [2.45, 2.75) is 52.1 Å². The van der Waals surface area contributed by atoms with Crippen LogP contribution in [0.2, 0.25) is 0 Å². The molecule has 18 heavy (non-hydrogen) atoms. The molecular formula is C16H27NO. The van der Waals surface area contributed by atoms with Crippen molar-refractivity contribution in [2.24, 2.45) is 0 Å². The topological polar surface area (TPSA) is 23.5 Å². The third-order valence-electron chi connectivity index (χ3n) is 3.20. The van der Waals surface area contributed by atoms with Gasteiger partial charge in [-0.05, 0) is 44.7 Å². The fourth-order valence-electron chi connectivity index (χ4n) is 2.10. The van der Waals surface area contributed by atoms with Gasteiger partial charge in [0.1, 0.15) is 0 Å². The third kappa shape index (κ3) is 6.06. The van der Waals surface area contributed by atoms with Crippen LogP contribution in [0, 0.1) is 0 Å². The van der Waals surface area contributed by atoms with Gasteiger partial charge in [0.25, 0.3) is 0 Å². The summed E-state index contributed by atoms with van der Waals surface area (Å²) in [5.74, 6) is 0. The highest BCUT2D eigenvalue weighted by atomic mass is 16.3. The summed E-state index contributed by atoms with van der Waals surface area (Å²) < 4.78 is 0. The summed E-state index contributed by atoms with van der Waals surface area (Å²) in [7, 11) is 0. The molecule has 0 aliphatic heterocycles. The number of para-hydroxylation sites is 1. The molecule has 0 spiro atoms. The molecule has 0 amide bonds. The maximum absolute atomic E-state index is 9.26. The van der Waals surface area contributed by atoms with Crippen LogP contribution >= 0.6 is 0 Å². The van der Waals surface area contributed by atoms with Crippen LogP contribution in [-0.2, 0) is 0 Å². The van der Waals surface area contributed by atoms with Crippen molar-refractivity contribution in [1.82, 2.24) is 0 Å². The van der Waals surface area contributed by atoms with Gasteiger partial charge in [-0.3, -0.25) is 0 Å². The number of hydrogen-bond acceptors (Lipinski definition) is 2. The van der Waals surface area contributed by atoms with E-state index in [0.717, 1.165) is 32.4 Å². The maximum Gasteiger partial charge on any atom is 0.0512 e.